The number of aryl methyl sites for hydroxylation is 1. The van der Waals surface area contributed by atoms with Gasteiger partial charge in [-0.15, -0.1) is 0 Å². The second kappa shape index (κ2) is 4.10. The molecule has 1 aromatic rings. The highest BCUT2D eigenvalue weighted by Gasteiger charge is 2.04. The van der Waals surface area contributed by atoms with Crippen molar-refractivity contribution in [2.24, 2.45) is 0 Å². The van der Waals surface area contributed by atoms with Crippen molar-refractivity contribution in [3.63, 3.8) is 0 Å². The van der Waals surface area contributed by atoms with Crippen LogP contribution in [0.4, 0.5) is 0 Å². The van der Waals surface area contributed by atoms with E-state index in [0.29, 0.717) is 0 Å². The van der Waals surface area contributed by atoms with Gasteiger partial charge in [-0.3, -0.25) is 0 Å². The van der Waals surface area contributed by atoms with Crippen molar-refractivity contribution < 1.29 is 4.73 Å². The summed E-state index contributed by atoms with van der Waals surface area (Å²) in [5.74, 6) is 0. The number of rotatable bonds is 3. The lowest BCUT2D eigenvalue weighted by molar-refractivity contribution is -0.612. The first-order valence-corrected chi connectivity index (χ1v) is 4.43. The van der Waals surface area contributed by atoms with E-state index in [1.807, 2.05) is 19.1 Å². The molecule has 0 N–H and O–H groups in total. The molecule has 1 heterocycles. The zero-order valence-electron chi connectivity index (χ0n) is 7.71. The monoisotopic (exact) mass is 165 g/mol. The molecule has 0 fully saturated rings. The van der Waals surface area contributed by atoms with E-state index in [4.69, 9.17) is 0 Å². The maximum absolute atomic E-state index is 11.1. The van der Waals surface area contributed by atoms with Crippen molar-refractivity contribution in [3.8, 4) is 0 Å². The molecule has 0 aliphatic heterocycles. The molecule has 0 bridgehead atoms. The molecule has 0 atom stereocenters. The van der Waals surface area contributed by atoms with Crippen LogP contribution in [-0.4, -0.2) is 0 Å². The summed E-state index contributed by atoms with van der Waals surface area (Å²) in [6, 6.07) is 3.84. The van der Waals surface area contributed by atoms with Gasteiger partial charge in [0.2, 0.25) is 0 Å². The molecule has 0 aromatic carbocycles. The van der Waals surface area contributed by atoms with Crippen molar-refractivity contribution in [2.45, 2.75) is 33.1 Å². The predicted octanol–water partition coefficient (Wildman–Crippen LogP) is 1.97. The molecule has 2 nitrogen and oxygen atoms in total. The Labute approximate surface area is 73.4 Å². The van der Waals surface area contributed by atoms with Crippen LogP contribution in [0, 0.1) is 12.1 Å². The second-order valence-electron chi connectivity index (χ2n) is 3.05. The zero-order valence-corrected chi connectivity index (χ0v) is 7.71. The third kappa shape index (κ3) is 1.97. The van der Waals surface area contributed by atoms with Crippen LogP contribution in [0.5, 0.6) is 0 Å². The number of pyridine rings is 1. The minimum Gasteiger partial charge on any atom is -0.619 e. The summed E-state index contributed by atoms with van der Waals surface area (Å²) in [5.41, 5.74) is 2.01. The zero-order chi connectivity index (χ0) is 8.97. The molecule has 66 valence electrons. The van der Waals surface area contributed by atoms with E-state index < -0.39 is 0 Å². The van der Waals surface area contributed by atoms with Gasteiger partial charge in [0.25, 0.3) is 0 Å². The van der Waals surface area contributed by atoms with Crippen LogP contribution in [0.3, 0.4) is 0 Å². The number of hydrogen-bond acceptors (Lipinski definition) is 1. The van der Waals surface area contributed by atoms with Crippen molar-refractivity contribution >= 4 is 0 Å². The lowest BCUT2D eigenvalue weighted by Gasteiger charge is -2.04. The smallest absolute Gasteiger partial charge is 0.192 e. The van der Waals surface area contributed by atoms with Gasteiger partial charge in [-0.25, -0.2) is 0 Å². The molecule has 12 heavy (non-hydrogen) atoms. The fourth-order valence-corrected chi connectivity index (χ4v) is 1.24. The number of aromatic nitrogens is 1. The summed E-state index contributed by atoms with van der Waals surface area (Å²) < 4.78 is 0.936. The van der Waals surface area contributed by atoms with Crippen LogP contribution in [0.25, 0.3) is 0 Å². The van der Waals surface area contributed by atoms with Crippen LogP contribution in [0.15, 0.2) is 18.3 Å². The van der Waals surface area contributed by atoms with Crippen LogP contribution < -0.4 is 4.73 Å². The first-order chi connectivity index (χ1) is 5.75. The summed E-state index contributed by atoms with van der Waals surface area (Å²) >= 11 is 0. The van der Waals surface area contributed by atoms with Gasteiger partial charge in [-0.2, -0.15) is 4.73 Å². The molecule has 0 saturated heterocycles. The summed E-state index contributed by atoms with van der Waals surface area (Å²) in [6.45, 7) is 4.03. The first-order valence-electron chi connectivity index (χ1n) is 4.43. The Kier molecular flexibility index (Phi) is 3.09. The quantitative estimate of drug-likeness (QED) is 0.497. The van der Waals surface area contributed by atoms with E-state index in [1.165, 1.54) is 12.0 Å². The molecule has 0 spiro atoms. The van der Waals surface area contributed by atoms with Crippen LogP contribution in [-0.2, 0) is 6.42 Å². The molecule has 2 heteroatoms. The van der Waals surface area contributed by atoms with Gasteiger partial charge in [0, 0.05) is 18.6 Å². The summed E-state index contributed by atoms with van der Waals surface area (Å²) in [4.78, 5) is 0. The van der Waals surface area contributed by atoms with Crippen LogP contribution >= 0.6 is 0 Å². The molecule has 0 amide bonds. The third-order valence-electron chi connectivity index (χ3n) is 2.11. The van der Waals surface area contributed by atoms with E-state index in [1.54, 1.807) is 6.20 Å². The average Bonchev–Trinajstić information content (AvgIpc) is 2.08. The maximum atomic E-state index is 11.1. The van der Waals surface area contributed by atoms with E-state index in [2.05, 4.69) is 6.92 Å². The Balaban J connectivity index is 2.78. The molecule has 0 radical (unpaired) electrons. The number of unbranched alkanes of at least 4 members (excludes halogenated alkanes) is 1. The maximum Gasteiger partial charge on any atom is 0.192 e. The highest BCUT2D eigenvalue weighted by Crippen LogP contribution is 2.06. The molecular weight excluding hydrogens is 150 g/mol. The van der Waals surface area contributed by atoms with Crippen molar-refractivity contribution in [2.75, 3.05) is 0 Å². The van der Waals surface area contributed by atoms with E-state index >= 15 is 0 Å². The predicted molar refractivity (Wildman–Crippen MR) is 48.8 cm³/mol. The lowest BCUT2D eigenvalue weighted by Crippen LogP contribution is -2.30. The number of nitrogens with zero attached hydrogens (tertiary/aromatic N) is 1. The largest absolute Gasteiger partial charge is 0.619 e. The number of hydrogen-bond donors (Lipinski definition) is 0. The Morgan fingerprint density at radius 3 is 2.92 bits per heavy atom. The highest BCUT2D eigenvalue weighted by molar-refractivity contribution is 5.14. The Morgan fingerprint density at radius 2 is 2.25 bits per heavy atom. The topological polar surface area (TPSA) is 26.9 Å². The van der Waals surface area contributed by atoms with Crippen molar-refractivity contribution in [1.29, 1.82) is 0 Å². The molecule has 0 saturated carbocycles. The van der Waals surface area contributed by atoms with E-state index in [9.17, 15) is 5.21 Å². The minimum atomic E-state index is 0.839. The third-order valence-corrected chi connectivity index (χ3v) is 2.11. The molecule has 0 unspecified atom stereocenters. The molecular formula is C10H15NO. The summed E-state index contributed by atoms with van der Waals surface area (Å²) in [5, 5.41) is 11.1. The Bertz CT molecular complexity index is 258. The van der Waals surface area contributed by atoms with Gasteiger partial charge in [0.1, 0.15) is 0 Å². The van der Waals surface area contributed by atoms with Gasteiger partial charge in [-0.1, -0.05) is 13.3 Å². The first kappa shape index (κ1) is 9.04. The SMILES string of the molecule is CCCCc1ccc[n+]([O-])c1C. The van der Waals surface area contributed by atoms with E-state index in [-0.39, 0.29) is 0 Å². The van der Waals surface area contributed by atoms with Gasteiger partial charge < -0.3 is 5.21 Å². The fourth-order valence-electron chi connectivity index (χ4n) is 1.24. The van der Waals surface area contributed by atoms with Crippen molar-refractivity contribution in [3.05, 3.63) is 34.8 Å². The minimum absolute atomic E-state index is 0.839. The van der Waals surface area contributed by atoms with Gasteiger partial charge >= 0.3 is 0 Å². The Hall–Kier alpha value is -1.05. The molecule has 0 aliphatic carbocycles. The van der Waals surface area contributed by atoms with Gasteiger partial charge in [0.05, 0.1) is 0 Å². The summed E-state index contributed by atoms with van der Waals surface area (Å²) in [7, 11) is 0. The standard InChI is InChI=1S/C10H15NO/c1-3-4-6-10-7-5-8-11(12)9(10)2/h5,7-8H,3-4,6H2,1-2H3. The molecule has 0 aliphatic rings. The second-order valence-corrected chi connectivity index (χ2v) is 3.05. The van der Waals surface area contributed by atoms with E-state index in [0.717, 1.165) is 23.3 Å². The lowest BCUT2D eigenvalue weighted by atomic mass is 10.1. The van der Waals surface area contributed by atoms with Gasteiger partial charge in [0.15, 0.2) is 11.9 Å². The normalized spacial score (nSPS) is 10.2. The Morgan fingerprint density at radius 1 is 1.50 bits per heavy atom. The molecule has 1 rings (SSSR count). The summed E-state index contributed by atoms with van der Waals surface area (Å²) in [6.07, 6.45) is 4.90. The van der Waals surface area contributed by atoms with Crippen LogP contribution in [0.2, 0.25) is 0 Å². The fraction of sp³-hybridized carbons (Fsp3) is 0.500. The average molecular weight is 165 g/mol. The molecule has 1 aromatic heterocycles. The highest BCUT2D eigenvalue weighted by atomic mass is 16.5. The van der Waals surface area contributed by atoms with Gasteiger partial charge in [-0.05, 0) is 18.9 Å². The van der Waals surface area contributed by atoms with Crippen LogP contribution in [0.1, 0.15) is 31.0 Å². The van der Waals surface area contributed by atoms with Crippen molar-refractivity contribution in [1.82, 2.24) is 0 Å².